The summed E-state index contributed by atoms with van der Waals surface area (Å²) in [5.41, 5.74) is 4.99. The molecule has 0 radical (unpaired) electrons. The molecule has 0 aliphatic carbocycles. The molecule has 0 saturated heterocycles. The van der Waals surface area contributed by atoms with Gasteiger partial charge in [0.05, 0.1) is 16.2 Å². The Hall–Kier alpha value is -4.06. The normalized spacial score (nSPS) is 12.7. The number of nitrogens with zero attached hydrogens (tertiary/aromatic N) is 2. The van der Waals surface area contributed by atoms with Gasteiger partial charge in [-0.2, -0.15) is 0 Å². The molecule has 4 N–H and O–H groups in total. The number of aromatic nitrogens is 6. The fourth-order valence-electron chi connectivity index (χ4n) is 3.67. The maximum absolute atomic E-state index is 4.49. The van der Waals surface area contributed by atoms with E-state index in [9.17, 15) is 0 Å². The van der Waals surface area contributed by atoms with Crippen LogP contribution in [-0.2, 0) is 0 Å². The Morgan fingerprint density at radius 1 is 0.571 bits per heavy atom. The van der Waals surface area contributed by atoms with E-state index in [-0.39, 0.29) is 0 Å². The van der Waals surface area contributed by atoms with Crippen LogP contribution >= 0.6 is 0 Å². The highest BCUT2D eigenvalue weighted by atomic mass is 14.9. The molecule has 8 bridgehead atoms. The Labute approximate surface area is 158 Å². The molecule has 0 aromatic carbocycles. The van der Waals surface area contributed by atoms with Crippen molar-refractivity contribution in [3.63, 3.8) is 0 Å². The molecule has 5 aromatic rings. The van der Waals surface area contributed by atoms with Gasteiger partial charge in [0.15, 0.2) is 0 Å². The maximum Gasteiger partial charge on any atom is 0.116 e. The highest BCUT2D eigenvalue weighted by molar-refractivity contribution is 5.81. The third-order valence-corrected chi connectivity index (χ3v) is 4.94. The summed E-state index contributed by atoms with van der Waals surface area (Å²) < 4.78 is 0. The molecule has 134 valence electrons. The first-order chi connectivity index (χ1) is 13.8. The average Bonchev–Trinajstić information content (AvgIpc) is 3.47. The Morgan fingerprint density at radius 2 is 1.18 bits per heavy atom. The molecule has 6 nitrogen and oxygen atoms in total. The predicted molar refractivity (Wildman–Crippen MR) is 109 cm³/mol. The van der Waals surface area contributed by atoms with Gasteiger partial charge in [-0.25, -0.2) is 9.97 Å². The van der Waals surface area contributed by atoms with Crippen molar-refractivity contribution in [2.45, 2.75) is 0 Å². The van der Waals surface area contributed by atoms with Crippen LogP contribution in [0, 0.1) is 0 Å². The highest BCUT2D eigenvalue weighted by Crippen LogP contribution is 2.07. The van der Waals surface area contributed by atoms with Gasteiger partial charge in [0, 0.05) is 45.1 Å². The number of rotatable bonds is 0. The van der Waals surface area contributed by atoms with Crippen molar-refractivity contribution in [2.75, 3.05) is 0 Å². The Morgan fingerprint density at radius 3 is 1.86 bits per heavy atom. The van der Waals surface area contributed by atoms with Crippen molar-refractivity contribution in [3.05, 3.63) is 93.1 Å². The minimum atomic E-state index is 0.901. The average molecular weight is 364 g/mol. The van der Waals surface area contributed by atoms with Crippen LogP contribution < -0.4 is 21.4 Å². The highest BCUT2D eigenvalue weighted by Gasteiger charge is 2.04. The van der Waals surface area contributed by atoms with Crippen LogP contribution in [0.25, 0.3) is 35.2 Å². The minimum Gasteiger partial charge on any atom is -0.355 e. The second-order valence-electron chi connectivity index (χ2n) is 6.92. The lowest BCUT2D eigenvalue weighted by Gasteiger charge is -1.88. The van der Waals surface area contributed by atoms with Gasteiger partial charge >= 0.3 is 0 Å². The lowest BCUT2D eigenvalue weighted by Crippen LogP contribution is -2.11. The van der Waals surface area contributed by atoms with Gasteiger partial charge in [-0.3, -0.25) is 0 Å². The van der Waals surface area contributed by atoms with Crippen LogP contribution in [0.5, 0.6) is 0 Å². The smallest absolute Gasteiger partial charge is 0.116 e. The topological polar surface area (TPSA) is 88.9 Å². The van der Waals surface area contributed by atoms with Crippen LogP contribution in [0.2, 0.25) is 0 Å². The van der Waals surface area contributed by atoms with E-state index >= 15 is 0 Å². The fourth-order valence-corrected chi connectivity index (χ4v) is 3.67. The van der Waals surface area contributed by atoms with Gasteiger partial charge in [-0.15, -0.1) is 0 Å². The molecule has 0 atom stereocenters. The molecule has 1 aliphatic heterocycles. The number of fused-ring (bicyclic) bond motifs is 11. The summed E-state index contributed by atoms with van der Waals surface area (Å²) in [6, 6.07) is 12.4. The van der Waals surface area contributed by atoms with E-state index in [1.165, 1.54) is 0 Å². The van der Waals surface area contributed by atoms with Crippen LogP contribution in [0.4, 0.5) is 0 Å². The third-order valence-electron chi connectivity index (χ3n) is 4.94. The molecule has 1 aliphatic rings. The quantitative estimate of drug-likeness (QED) is 0.318. The molecule has 6 rings (SSSR count). The summed E-state index contributed by atoms with van der Waals surface area (Å²) in [5.74, 6) is 0. The molecule has 6 heterocycles. The summed E-state index contributed by atoms with van der Waals surface area (Å²) in [4.78, 5) is 22.5. The standard InChI is InChI=1S/C22H16N6/c1-2-14-8-16-4-6-18(27-16)10-21-22-19(11-23-12-24-22)20(28-21)9-17-5-3-15(26-17)7-13(1)25-14/h1-12,25-28H. The van der Waals surface area contributed by atoms with Crippen molar-refractivity contribution in [2.24, 2.45) is 0 Å². The van der Waals surface area contributed by atoms with Crippen LogP contribution in [-0.4, -0.2) is 29.9 Å². The van der Waals surface area contributed by atoms with E-state index in [4.69, 9.17) is 0 Å². The molecule has 0 saturated carbocycles. The summed E-state index contributed by atoms with van der Waals surface area (Å²) >= 11 is 0. The Kier molecular flexibility index (Phi) is 3.07. The van der Waals surface area contributed by atoms with Crippen LogP contribution in [0.1, 0.15) is 22.8 Å². The van der Waals surface area contributed by atoms with Gasteiger partial charge in [-0.1, -0.05) is 0 Å². The van der Waals surface area contributed by atoms with Crippen molar-refractivity contribution < 1.29 is 0 Å². The molecular formula is C22H16N6. The van der Waals surface area contributed by atoms with Crippen molar-refractivity contribution in [3.8, 4) is 0 Å². The number of hydrogen-bond donors (Lipinski definition) is 4. The molecule has 0 amide bonds. The second-order valence-corrected chi connectivity index (χ2v) is 6.92. The number of hydrogen-bond acceptors (Lipinski definition) is 2. The monoisotopic (exact) mass is 364 g/mol. The zero-order valence-electron chi connectivity index (χ0n) is 14.8. The molecular weight excluding hydrogens is 348 g/mol. The number of aromatic amines is 4. The number of nitrogens with one attached hydrogen (secondary N) is 4. The largest absolute Gasteiger partial charge is 0.355 e. The van der Waals surface area contributed by atoms with E-state index in [1.807, 2.05) is 6.20 Å². The Balaban J connectivity index is 1.71. The van der Waals surface area contributed by atoms with E-state index in [2.05, 4.69) is 90.6 Å². The Bertz CT molecular complexity index is 1460. The van der Waals surface area contributed by atoms with Gasteiger partial charge in [0.25, 0.3) is 0 Å². The van der Waals surface area contributed by atoms with Gasteiger partial charge in [0.1, 0.15) is 6.33 Å². The van der Waals surface area contributed by atoms with Crippen LogP contribution in [0.15, 0.2) is 48.9 Å². The van der Waals surface area contributed by atoms with Crippen molar-refractivity contribution in [1.82, 2.24) is 29.9 Å². The molecule has 0 unspecified atom stereocenters. The lowest BCUT2D eigenvalue weighted by molar-refractivity contribution is 1.22. The minimum absolute atomic E-state index is 0.901. The first kappa shape index (κ1) is 15.0. The fraction of sp³-hybridized carbons (Fsp3) is 0. The van der Waals surface area contributed by atoms with Gasteiger partial charge in [0.2, 0.25) is 0 Å². The van der Waals surface area contributed by atoms with Gasteiger partial charge in [-0.05, 0) is 60.7 Å². The summed E-state index contributed by atoms with van der Waals surface area (Å²) in [7, 11) is 0. The van der Waals surface area contributed by atoms with E-state index < -0.39 is 0 Å². The molecule has 5 aromatic heterocycles. The zero-order chi connectivity index (χ0) is 18.5. The first-order valence-electron chi connectivity index (χ1n) is 9.08. The summed E-state index contributed by atoms with van der Waals surface area (Å²) in [6.45, 7) is 0. The van der Waals surface area contributed by atoms with Crippen molar-refractivity contribution >= 4 is 35.2 Å². The SMILES string of the molecule is C1=c2ccc([nH]2)=Cc2ccc([nH]2)C=c2[nH]c(c3cncnc23)=Cc2ccc1[nH]2. The zero-order valence-corrected chi connectivity index (χ0v) is 14.8. The second kappa shape index (κ2) is 5.72. The maximum atomic E-state index is 4.49. The van der Waals surface area contributed by atoms with Gasteiger partial charge < -0.3 is 19.9 Å². The summed E-state index contributed by atoms with van der Waals surface area (Å²) in [5, 5.41) is 5.01. The van der Waals surface area contributed by atoms with E-state index in [0.717, 1.165) is 55.1 Å². The van der Waals surface area contributed by atoms with Crippen LogP contribution in [0.3, 0.4) is 0 Å². The van der Waals surface area contributed by atoms with Crippen molar-refractivity contribution in [1.29, 1.82) is 0 Å². The molecule has 0 spiro atoms. The predicted octanol–water partition coefficient (Wildman–Crippen LogP) is 0.571. The number of H-pyrrole nitrogens is 4. The summed E-state index contributed by atoms with van der Waals surface area (Å²) in [6.07, 6.45) is 11.8. The first-order valence-corrected chi connectivity index (χ1v) is 9.08. The third kappa shape index (κ3) is 2.51. The van der Waals surface area contributed by atoms with E-state index in [1.54, 1.807) is 6.33 Å². The lowest BCUT2D eigenvalue weighted by atomic mass is 10.3. The van der Waals surface area contributed by atoms with E-state index in [0.29, 0.717) is 0 Å². The molecule has 28 heavy (non-hydrogen) atoms. The molecule has 0 fully saturated rings. The molecule has 6 heteroatoms.